The third-order valence-electron chi connectivity index (χ3n) is 3.77. The Hall–Kier alpha value is -1.74. The fraction of sp³-hybridized carbons (Fsp3) is 0.450. The predicted octanol–water partition coefficient (Wildman–Crippen LogP) is 3.40. The van der Waals surface area contributed by atoms with E-state index < -0.39 is 0 Å². The number of methoxy groups -OCH3 is 1. The van der Waals surface area contributed by atoms with E-state index in [9.17, 15) is 0 Å². The topological polar surface area (TPSA) is 68.0 Å². The molecule has 2 rings (SSSR count). The zero-order valence-corrected chi connectivity index (χ0v) is 18.6. The summed E-state index contributed by atoms with van der Waals surface area (Å²) in [6.45, 7) is 6.66. The number of ether oxygens (including phenoxy) is 2. The highest BCUT2D eigenvalue weighted by Crippen LogP contribution is 2.17. The van der Waals surface area contributed by atoms with Crippen molar-refractivity contribution in [2.24, 2.45) is 4.99 Å². The molecule has 1 heterocycles. The maximum atomic E-state index is 5.98. The van der Waals surface area contributed by atoms with Crippen LogP contribution in [0.25, 0.3) is 0 Å². The second-order valence-corrected chi connectivity index (χ2v) is 6.06. The van der Waals surface area contributed by atoms with Gasteiger partial charge in [-0.15, -0.1) is 24.0 Å². The lowest BCUT2D eigenvalue weighted by atomic mass is 10.2. The van der Waals surface area contributed by atoms with Crippen molar-refractivity contribution in [1.82, 2.24) is 10.6 Å². The zero-order valence-electron chi connectivity index (χ0n) is 16.2. The van der Waals surface area contributed by atoms with Crippen LogP contribution in [0, 0.1) is 6.92 Å². The lowest BCUT2D eigenvalue weighted by Gasteiger charge is -2.16. The van der Waals surface area contributed by atoms with Crippen LogP contribution in [-0.4, -0.2) is 45.4 Å². The van der Waals surface area contributed by atoms with Crippen molar-refractivity contribution in [2.75, 3.05) is 33.4 Å². The summed E-state index contributed by atoms with van der Waals surface area (Å²) in [4.78, 5) is 4.62. The van der Waals surface area contributed by atoms with Gasteiger partial charge in [-0.25, -0.2) is 4.99 Å². The number of nitrogens with zero attached hydrogens (tertiary/aromatic N) is 1. The number of para-hydroxylation sites is 1. The maximum Gasteiger partial charge on any atom is 0.191 e. The number of hydrogen-bond donors (Lipinski definition) is 2. The molecule has 1 atom stereocenters. The van der Waals surface area contributed by atoms with Crippen LogP contribution in [0.15, 0.2) is 52.1 Å². The van der Waals surface area contributed by atoms with Crippen molar-refractivity contribution < 1.29 is 13.9 Å². The fourth-order valence-corrected chi connectivity index (χ4v) is 2.37. The monoisotopic (exact) mass is 487 g/mol. The molecule has 0 saturated carbocycles. The number of benzene rings is 1. The van der Waals surface area contributed by atoms with Gasteiger partial charge < -0.3 is 24.5 Å². The van der Waals surface area contributed by atoms with Gasteiger partial charge in [0.1, 0.15) is 17.6 Å². The molecule has 0 amide bonds. The molecule has 1 aromatic carbocycles. The number of furan rings is 1. The Morgan fingerprint density at radius 2 is 1.93 bits per heavy atom. The van der Waals surface area contributed by atoms with E-state index in [4.69, 9.17) is 13.9 Å². The Kier molecular flexibility index (Phi) is 11.6. The summed E-state index contributed by atoms with van der Waals surface area (Å²) in [5.41, 5.74) is 1.12. The van der Waals surface area contributed by atoms with Gasteiger partial charge in [-0.2, -0.15) is 0 Å². The quantitative estimate of drug-likeness (QED) is 0.233. The van der Waals surface area contributed by atoms with Gasteiger partial charge >= 0.3 is 0 Å². The molecule has 2 N–H and O–H groups in total. The molecule has 0 bridgehead atoms. The van der Waals surface area contributed by atoms with Gasteiger partial charge in [0.25, 0.3) is 0 Å². The molecule has 6 nitrogen and oxygen atoms in total. The summed E-state index contributed by atoms with van der Waals surface area (Å²) < 4.78 is 16.4. The molecule has 0 radical (unpaired) electrons. The third kappa shape index (κ3) is 9.14. The SMILES string of the molecule is COCCNC(=NCC(C)Oc1ccccc1C)NCCc1ccco1.I. The van der Waals surface area contributed by atoms with Crippen LogP contribution in [0.1, 0.15) is 18.2 Å². The van der Waals surface area contributed by atoms with Gasteiger partial charge in [0.05, 0.1) is 19.4 Å². The fourth-order valence-electron chi connectivity index (χ4n) is 2.37. The van der Waals surface area contributed by atoms with Gasteiger partial charge in [-0.1, -0.05) is 18.2 Å². The minimum Gasteiger partial charge on any atom is -0.489 e. The molecule has 1 unspecified atom stereocenters. The van der Waals surface area contributed by atoms with E-state index in [-0.39, 0.29) is 30.1 Å². The van der Waals surface area contributed by atoms with Gasteiger partial charge in [-0.05, 0) is 37.6 Å². The summed E-state index contributed by atoms with van der Waals surface area (Å²) in [7, 11) is 1.68. The van der Waals surface area contributed by atoms with E-state index in [0.717, 1.165) is 36.0 Å². The standard InChI is InChI=1S/C20H29N3O3.HI/c1-16-7-4-5-9-19(16)26-17(2)15-23-20(22-12-14-24-3)21-11-10-18-8-6-13-25-18;/h4-9,13,17H,10-12,14-15H2,1-3H3,(H2,21,22,23);1H. The van der Waals surface area contributed by atoms with E-state index in [1.165, 1.54) is 0 Å². The summed E-state index contributed by atoms with van der Waals surface area (Å²) in [6, 6.07) is 11.9. The van der Waals surface area contributed by atoms with E-state index in [1.54, 1.807) is 13.4 Å². The number of rotatable bonds is 10. The maximum absolute atomic E-state index is 5.98. The molecule has 7 heteroatoms. The van der Waals surface area contributed by atoms with E-state index in [0.29, 0.717) is 19.7 Å². The van der Waals surface area contributed by atoms with Crippen LogP contribution in [0.4, 0.5) is 0 Å². The summed E-state index contributed by atoms with van der Waals surface area (Å²) in [6.07, 6.45) is 2.46. The number of aryl methyl sites for hydroxylation is 1. The first kappa shape index (κ1) is 23.3. The van der Waals surface area contributed by atoms with Crippen molar-refractivity contribution in [3.05, 3.63) is 54.0 Å². The van der Waals surface area contributed by atoms with Crippen LogP contribution < -0.4 is 15.4 Å². The number of guanidine groups is 1. The molecule has 1 aromatic heterocycles. The smallest absolute Gasteiger partial charge is 0.191 e. The highest BCUT2D eigenvalue weighted by molar-refractivity contribution is 14.0. The molecule has 0 spiro atoms. The molecule has 0 saturated heterocycles. The lowest BCUT2D eigenvalue weighted by molar-refractivity contribution is 0.203. The Morgan fingerprint density at radius 3 is 2.63 bits per heavy atom. The number of halogens is 1. The molecular formula is C20H30IN3O3. The number of aliphatic imine (C=N–C) groups is 1. The van der Waals surface area contributed by atoms with E-state index in [1.807, 2.05) is 50.2 Å². The second kappa shape index (κ2) is 13.4. The van der Waals surface area contributed by atoms with Crippen LogP contribution in [-0.2, 0) is 11.2 Å². The minimum absolute atomic E-state index is 0. The van der Waals surface area contributed by atoms with E-state index >= 15 is 0 Å². The highest BCUT2D eigenvalue weighted by atomic mass is 127. The summed E-state index contributed by atoms with van der Waals surface area (Å²) in [5.74, 6) is 2.59. The van der Waals surface area contributed by atoms with Crippen LogP contribution in [0.2, 0.25) is 0 Å². The average molecular weight is 487 g/mol. The molecule has 0 aliphatic carbocycles. The summed E-state index contributed by atoms with van der Waals surface area (Å²) >= 11 is 0. The number of hydrogen-bond acceptors (Lipinski definition) is 4. The van der Waals surface area contributed by atoms with Crippen molar-refractivity contribution in [1.29, 1.82) is 0 Å². The zero-order chi connectivity index (χ0) is 18.6. The normalized spacial score (nSPS) is 12.2. The minimum atomic E-state index is -0.0257. The van der Waals surface area contributed by atoms with Gasteiger partial charge in [0.15, 0.2) is 5.96 Å². The molecule has 2 aromatic rings. The average Bonchev–Trinajstić information content (AvgIpc) is 3.15. The molecule has 0 aliphatic rings. The Bertz CT molecular complexity index is 662. The van der Waals surface area contributed by atoms with Gasteiger partial charge in [0.2, 0.25) is 0 Å². The first-order chi connectivity index (χ1) is 12.7. The van der Waals surface area contributed by atoms with Crippen molar-refractivity contribution in [3.8, 4) is 5.75 Å². The van der Waals surface area contributed by atoms with Crippen LogP contribution in [0.3, 0.4) is 0 Å². The Balaban J connectivity index is 0.00000364. The predicted molar refractivity (Wildman–Crippen MR) is 119 cm³/mol. The Labute approximate surface area is 178 Å². The molecule has 0 fully saturated rings. The van der Waals surface area contributed by atoms with Crippen molar-refractivity contribution in [2.45, 2.75) is 26.4 Å². The number of nitrogens with one attached hydrogen (secondary N) is 2. The molecule has 150 valence electrons. The van der Waals surface area contributed by atoms with Crippen molar-refractivity contribution in [3.63, 3.8) is 0 Å². The summed E-state index contributed by atoms with van der Waals surface area (Å²) in [5, 5.41) is 6.57. The lowest BCUT2D eigenvalue weighted by Crippen LogP contribution is -2.40. The Morgan fingerprint density at radius 1 is 1.15 bits per heavy atom. The van der Waals surface area contributed by atoms with Crippen LogP contribution >= 0.6 is 24.0 Å². The second-order valence-electron chi connectivity index (χ2n) is 6.06. The molecular weight excluding hydrogens is 457 g/mol. The van der Waals surface area contributed by atoms with Gasteiger partial charge in [0, 0.05) is 26.6 Å². The van der Waals surface area contributed by atoms with Crippen molar-refractivity contribution >= 4 is 29.9 Å². The highest BCUT2D eigenvalue weighted by Gasteiger charge is 2.07. The first-order valence-electron chi connectivity index (χ1n) is 8.95. The molecule has 0 aliphatic heterocycles. The third-order valence-corrected chi connectivity index (χ3v) is 3.77. The largest absolute Gasteiger partial charge is 0.489 e. The van der Waals surface area contributed by atoms with Crippen LogP contribution in [0.5, 0.6) is 5.75 Å². The van der Waals surface area contributed by atoms with E-state index in [2.05, 4.69) is 15.6 Å². The molecule has 27 heavy (non-hydrogen) atoms. The van der Waals surface area contributed by atoms with Gasteiger partial charge in [-0.3, -0.25) is 0 Å². The first-order valence-corrected chi connectivity index (χ1v) is 8.95.